The summed E-state index contributed by atoms with van der Waals surface area (Å²) in [5.74, 6) is -0.562. The molecule has 0 fully saturated rings. The van der Waals surface area contributed by atoms with Crippen LogP contribution in [0.25, 0.3) is 0 Å². The van der Waals surface area contributed by atoms with Gasteiger partial charge < -0.3 is 9.64 Å². The van der Waals surface area contributed by atoms with Gasteiger partial charge in [-0.15, -0.1) is 11.3 Å². The molecule has 0 bridgehead atoms. The van der Waals surface area contributed by atoms with E-state index >= 15 is 0 Å². The van der Waals surface area contributed by atoms with Gasteiger partial charge in [-0.2, -0.15) is 0 Å². The topological polar surface area (TPSA) is 46.6 Å². The van der Waals surface area contributed by atoms with Crippen LogP contribution < -0.4 is 0 Å². The number of esters is 1. The third-order valence-electron chi connectivity index (χ3n) is 2.00. The Morgan fingerprint density at radius 2 is 2.20 bits per heavy atom. The maximum Gasteiger partial charge on any atom is 0.325 e. The molecule has 1 heterocycles. The summed E-state index contributed by atoms with van der Waals surface area (Å²) >= 11 is 1.38. The lowest BCUT2D eigenvalue weighted by atomic mass is 10.3. The zero-order chi connectivity index (χ0) is 11.4. The summed E-state index contributed by atoms with van der Waals surface area (Å²) in [6.07, 6.45) is 0. The number of carbonyl (C=O) groups is 2. The normalized spacial score (nSPS) is 9.80. The zero-order valence-electron chi connectivity index (χ0n) is 8.94. The number of hydrogen-bond acceptors (Lipinski definition) is 4. The van der Waals surface area contributed by atoms with Crippen molar-refractivity contribution < 1.29 is 14.3 Å². The lowest BCUT2D eigenvalue weighted by molar-refractivity contribution is -0.141. The highest BCUT2D eigenvalue weighted by Gasteiger charge is 2.17. The summed E-state index contributed by atoms with van der Waals surface area (Å²) in [5.41, 5.74) is 0.932. The Morgan fingerprint density at radius 1 is 1.53 bits per heavy atom. The Balaban J connectivity index is 2.69. The number of ether oxygens (including phenoxy) is 1. The maximum atomic E-state index is 11.8. The number of carbonyl (C=O) groups excluding carboxylic acids is 2. The average Bonchev–Trinajstić information content (AvgIpc) is 2.63. The number of aryl methyl sites for hydroxylation is 1. The largest absolute Gasteiger partial charge is 0.468 e. The van der Waals surface area contributed by atoms with Crippen molar-refractivity contribution >= 4 is 23.2 Å². The Kier molecular flexibility index (Phi) is 3.85. The van der Waals surface area contributed by atoms with E-state index in [1.54, 1.807) is 7.05 Å². The van der Waals surface area contributed by atoms with Crippen molar-refractivity contribution in [3.63, 3.8) is 0 Å². The van der Waals surface area contributed by atoms with Crippen molar-refractivity contribution in [3.05, 3.63) is 21.9 Å². The molecule has 1 aromatic rings. The van der Waals surface area contributed by atoms with Crippen LogP contribution in [-0.4, -0.2) is 37.5 Å². The quantitative estimate of drug-likeness (QED) is 0.731. The minimum atomic E-state index is -0.417. The first kappa shape index (κ1) is 11.7. The van der Waals surface area contributed by atoms with Crippen LogP contribution in [0.4, 0.5) is 0 Å². The molecule has 0 saturated heterocycles. The Hall–Kier alpha value is -1.36. The van der Waals surface area contributed by atoms with Crippen molar-refractivity contribution in [2.45, 2.75) is 6.92 Å². The lowest BCUT2D eigenvalue weighted by Gasteiger charge is -2.14. The number of rotatable bonds is 3. The van der Waals surface area contributed by atoms with Crippen molar-refractivity contribution in [2.75, 3.05) is 20.7 Å². The summed E-state index contributed by atoms with van der Waals surface area (Å²) in [6.45, 7) is 1.85. The summed E-state index contributed by atoms with van der Waals surface area (Å²) in [5, 5.41) is 1.86. The molecule has 0 atom stereocenters. The Labute approximate surface area is 92.5 Å². The van der Waals surface area contributed by atoms with E-state index in [0.29, 0.717) is 4.88 Å². The van der Waals surface area contributed by atoms with Gasteiger partial charge in [0.1, 0.15) is 6.54 Å². The zero-order valence-corrected chi connectivity index (χ0v) is 9.76. The lowest BCUT2D eigenvalue weighted by Crippen LogP contribution is -2.32. The van der Waals surface area contributed by atoms with Gasteiger partial charge in [-0.1, -0.05) is 0 Å². The fourth-order valence-corrected chi connectivity index (χ4v) is 2.01. The van der Waals surface area contributed by atoms with Crippen molar-refractivity contribution in [1.82, 2.24) is 4.90 Å². The number of thiophene rings is 1. The fraction of sp³-hybridized carbons (Fsp3) is 0.400. The average molecular weight is 227 g/mol. The molecule has 0 aliphatic heterocycles. The van der Waals surface area contributed by atoms with Crippen LogP contribution in [-0.2, 0) is 9.53 Å². The van der Waals surface area contributed by atoms with Crippen molar-refractivity contribution in [1.29, 1.82) is 0 Å². The standard InChI is InChI=1S/C10H13NO3S/c1-7-4-5-15-9(7)10(13)11(2)6-8(12)14-3/h4-5H,6H2,1-3H3. The van der Waals surface area contributed by atoms with Gasteiger partial charge in [0.05, 0.1) is 12.0 Å². The van der Waals surface area contributed by atoms with Gasteiger partial charge in [0.15, 0.2) is 0 Å². The van der Waals surface area contributed by atoms with Gasteiger partial charge in [0.2, 0.25) is 0 Å². The van der Waals surface area contributed by atoms with E-state index in [1.807, 2.05) is 18.4 Å². The smallest absolute Gasteiger partial charge is 0.325 e. The number of hydrogen-bond donors (Lipinski definition) is 0. The third kappa shape index (κ3) is 2.79. The molecule has 4 nitrogen and oxygen atoms in total. The van der Waals surface area contributed by atoms with Crippen LogP contribution in [0.1, 0.15) is 15.2 Å². The SMILES string of the molecule is COC(=O)CN(C)C(=O)c1sccc1C. The van der Waals surface area contributed by atoms with E-state index in [9.17, 15) is 9.59 Å². The molecule has 1 rings (SSSR count). The van der Waals surface area contributed by atoms with Crippen LogP contribution in [0.15, 0.2) is 11.4 Å². The molecule has 5 heteroatoms. The van der Waals surface area contributed by atoms with Gasteiger partial charge in [-0.3, -0.25) is 9.59 Å². The Morgan fingerprint density at radius 3 is 2.67 bits per heavy atom. The van der Waals surface area contributed by atoms with E-state index in [0.717, 1.165) is 5.56 Å². The monoisotopic (exact) mass is 227 g/mol. The minimum absolute atomic E-state index is 0.0212. The molecule has 1 amide bonds. The van der Waals surface area contributed by atoms with Gasteiger partial charge in [-0.25, -0.2) is 0 Å². The summed E-state index contributed by atoms with van der Waals surface area (Å²) in [4.78, 5) is 24.8. The Bertz CT molecular complexity index is 372. The molecule has 0 saturated carbocycles. The second-order valence-corrected chi connectivity index (χ2v) is 4.09. The molecule has 82 valence electrons. The molecular weight excluding hydrogens is 214 g/mol. The van der Waals surface area contributed by atoms with Crippen molar-refractivity contribution in [3.8, 4) is 0 Å². The van der Waals surface area contributed by atoms with Crippen LogP contribution in [0.2, 0.25) is 0 Å². The summed E-state index contributed by atoms with van der Waals surface area (Å²) < 4.78 is 4.49. The van der Waals surface area contributed by atoms with E-state index in [-0.39, 0.29) is 12.5 Å². The number of likely N-dealkylation sites (N-methyl/N-ethyl adjacent to an activating group) is 1. The molecule has 1 aromatic heterocycles. The van der Waals surface area contributed by atoms with Crippen LogP contribution in [0, 0.1) is 6.92 Å². The van der Waals surface area contributed by atoms with Crippen LogP contribution >= 0.6 is 11.3 Å². The van der Waals surface area contributed by atoms with Gasteiger partial charge in [-0.05, 0) is 23.9 Å². The molecule has 0 unspecified atom stereocenters. The molecule has 0 aliphatic rings. The first-order chi connectivity index (χ1) is 7.06. The first-order valence-electron chi connectivity index (χ1n) is 4.42. The molecule has 0 aromatic carbocycles. The molecular formula is C10H13NO3S. The predicted molar refractivity (Wildman–Crippen MR) is 58.0 cm³/mol. The fourth-order valence-electron chi connectivity index (χ4n) is 1.10. The summed E-state index contributed by atoms with van der Waals surface area (Å²) in [7, 11) is 2.88. The van der Waals surface area contributed by atoms with E-state index in [1.165, 1.54) is 23.3 Å². The second kappa shape index (κ2) is 4.93. The number of amides is 1. The van der Waals surface area contributed by atoms with E-state index in [4.69, 9.17) is 0 Å². The second-order valence-electron chi connectivity index (χ2n) is 3.17. The van der Waals surface area contributed by atoms with E-state index < -0.39 is 5.97 Å². The highest BCUT2D eigenvalue weighted by molar-refractivity contribution is 7.12. The van der Waals surface area contributed by atoms with E-state index in [2.05, 4.69) is 4.74 Å². The summed E-state index contributed by atoms with van der Waals surface area (Å²) in [6, 6.07) is 1.88. The molecule has 0 spiro atoms. The van der Waals surface area contributed by atoms with Crippen molar-refractivity contribution in [2.24, 2.45) is 0 Å². The molecule has 0 aliphatic carbocycles. The number of nitrogens with zero attached hydrogens (tertiary/aromatic N) is 1. The third-order valence-corrected chi connectivity index (χ3v) is 3.00. The molecule has 0 radical (unpaired) electrons. The molecule has 0 N–H and O–H groups in total. The minimum Gasteiger partial charge on any atom is -0.468 e. The predicted octanol–water partition coefficient (Wildman–Crippen LogP) is 1.30. The highest BCUT2D eigenvalue weighted by Crippen LogP contribution is 2.17. The van der Waals surface area contributed by atoms with Gasteiger partial charge in [0, 0.05) is 7.05 Å². The van der Waals surface area contributed by atoms with Crippen LogP contribution in [0.3, 0.4) is 0 Å². The number of methoxy groups -OCH3 is 1. The molecule has 15 heavy (non-hydrogen) atoms. The first-order valence-corrected chi connectivity index (χ1v) is 5.30. The highest BCUT2D eigenvalue weighted by atomic mass is 32.1. The van der Waals surface area contributed by atoms with Gasteiger partial charge >= 0.3 is 5.97 Å². The van der Waals surface area contributed by atoms with Gasteiger partial charge in [0.25, 0.3) is 5.91 Å². The maximum absolute atomic E-state index is 11.8. The van der Waals surface area contributed by atoms with Crippen LogP contribution in [0.5, 0.6) is 0 Å².